The molecule has 1 aromatic heterocycles. The Morgan fingerprint density at radius 2 is 1.80 bits per heavy atom. The second-order valence-corrected chi connectivity index (χ2v) is 8.62. The quantitative estimate of drug-likeness (QED) is 0.377. The number of esters is 1. The molecule has 30 heavy (non-hydrogen) atoms. The van der Waals surface area contributed by atoms with E-state index in [1.54, 1.807) is 17.9 Å². The molecule has 6 heteroatoms. The molecule has 0 spiro atoms. The summed E-state index contributed by atoms with van der Waals surface area (Å²) in [6.07, 6.45) is 5.92. The molecule has 0 bridgehead atoms. The Balaban J connectivity index is 2.10. The molecule has 1 saturated heterocycles. The van der Waals surface area contributed by atoms with Gasteiger partial charge >= 0.3 is 5.97 Å². The van der Waals surface area contributed by atoms with Gasteiger partial charge in [-0.05, 0) is 63.7 Å². The maximum atomic E-state index is 12.6. The van der Waals surface area contributed by atoms with Crippen molar-refractivity contribution < 1.29 is 14.3 Å². The van der Waals surface area contributed by atoms with Gasteiger partial charge in [0.15, 0.2) is 6.10 Å². The molecule has 0 N–H and O–H groups in total. The van der Waals surface area contributed by atoms with Crippen LogP contribution >= 0.6 is 0 Å². The van der Waals surface area contributed by atoms with Crippen LogP contribution in [0.25, 0.3) is 6.08 Å². The van der Waals surface area contributed by atoms with Gasteiger partial charge in [0.2, 0.25) is 0 Å². The van der Waals surface area contributed by atoms with E-state index in [0.717, 1.165) is 55.6 Å². The lowest BCUT2D eigenvalue weighted by Crippen LogP contribution is -2.40. The molecule has 0 unspecified atom stereocenters. The van der Waals surface area contributed by atoms with Crippen molar-refractivity contribution in [2.75, 3.05) is 13.1 Å². The van der Waals surface area contributed by atoms with Gasteiger partial charge in [0.1, 0.15) is 11.6 Å². The largest absolute Gasteiger partial charge is 0.448 e. The third-order valence-electron chi connectivity index (χ3n) is 5.73. The van der Waals surface area contributed by atoms with Crippen molar-refractivity contribution in [2.24, 2.45) is 5.92 Å². The van der Waals surface area contributed by atoms with Crippen molar-refractivity contribution in [3.63, 3.8) is 0 Å². The van der Waals surface area contributed by atoms with Gasteiger partial charge in [-0.1, -0.05) is 26.7 Å². The summed E-state index contributed by atoms with van der Waals surface area (Å²) in [4.78, 5) is 27.0. The summed E-state index contributed by atoms with van der Waals surface area (Å²) in [5.41, 5.74) is 2.85. The molecule has 0 aromatic carbocycles. The third kappa shape index (κ3) is 6.22. The first kappa shape index (κ1) is 23.7. The van der Waals surface area contributed by atoms with Crippen LogP contribution in [0.15, 0.2) is 11.6 Å². The first-order valence-electron chi connectivity index (χ1n) is 11.0. The molecular formula is C24H35N3O3. The number of carbonyl (C=O) groups is 2. The second-order valence-electron chi connectivity index (χ2n) is 8.62. The number of ether oxygens (including phenoxy) is 1. The topological polar surface area (TPSA) is 75.3 Å². The molecule has 2 rings (SSSR count). The number of aromatic nitrogens is 1. The predicted molar refractivity (Wildman–Crippen MR) is 118 cm³/mol. The summed E-state index contributed by atoms with van der Waals surface area (Å²) in [5.74, 6) is -0.340. The SMILES string of the molecule is Cc1cc(/C=C(\C#N)C(=O)O[C@@H](C)C(=O)N2CCCCCC2)c(C)n1CCC(C)C. The van der Waals surface area contributed by atoms with Gasteiger partial charge in [0, 0.05) is 31.0 Å². The number of hydrogen-bond acceptors (Lipinski definition) is 4. The van der Waals surface area contributed by atoms with Crippen LogP contribution in [0.1, 0.15) is 69.8 Å². The summed E-state index contributed by atoms with van der Waals surface area (Å²) in [7, 11) is 0. The highest BCUT2D eigenvalue weighted by molar-refractivity contribution is 5.99. The van der Waals surface area contributed by atoms with E-state index in [-0.39, 0.29) is 11.5 Å². The van der Waals surface area contributed by atoms with Gasteiger partial charge in [-0.15, -0.1) is 0 Å². The van der Waals surface area contributed by atoms with Crippen LogP contribution in [-0.2, 0) is 20.9 Å². The molecule has 1 aliphatic heterocycles. The molecule has 2 heterocycles. The number of nitriles is 1. The molecule has 0 saturated carbocycles. The van der Waals surface area contributed by atoms with Crippen LogP contribution in [0.2, 0.25) is 0 Å². The highest BCUT2D eigenvalue weighted by Gasteiger charge is 2.26. The molecule has 1 aliphatic rings. The lowest BCUT2D eigenvalue weighted by atomic mass is 10.1. The standard InChI is InChI=1S/C24H35N3O3/c1-17(2)10-13-27-18(3)14-21(19(27)4)15-22(16-25)24(29)30-20(5)23(28)26-11-8-6-7-9-12-26/h14-15,17,20H,6-13H2,1-5H3/b22-15+/t20-/m0/s1. The second kappa shape index (κ2) is 11.0. The van der Waals surface area contributed by atoms with E-state index in [2.05, 4.69) is 18.4 Å². The van der Waals surface area contributed by atoms with Crippen LogP contribution < -0.4 is 0 Å². The Bertz CT molecular complexity index is 821. The van der Waals surface area contributed by atoms with Crippen LogP contribution in [0.3, 0.4) is 0 Å². The van der Waals surface area contributed by atoms with Crippen molar-refractivity contribution in [1.29, 1.82) is 5.26 Å². The minimum atomic E-state index is -0.897. The van der Waals surface area contributed by atoms with Crippen molar-refractivity contribution in [1.82, 2.24) is 9.47 Å². The van der Waals surface area contributed by atoms with Crippen molar-refractivity contribution in [3.8, 4) is 6.07 Å². The van der Waals surface area contributed by atoms with Crippen LogP contribution in [0.4, 0.5) is 0 Å². The summed E-state index contributed by atoms with van der Waals surface area (Å²) in [5, 5.41) is 9.52. The third-order valence-corrected chi connectivity index (χ3v) is 5.73. The highest BCUT2D eigenvalue weighted by atomic mass is 16.5. The Morgan fingerprint density at radius 3 is 2.37 bits per heavy atom. The molecule has 0 aliphatic carbocycles. The number of amides is 1. The smallest absolute Gasteiger partial charge is 0.349 e. The number of hydrogen-bond donors (Lipinski definition) is 0. The van der Waals surface area contributed by atoms with Gasteiger partial charge in [0.25, 0.3) is 5.91 Å². The van der Waals surface area contributed by atoms with Gasteiger partial charge in [0.05, 0.1) is 0 Å². The lowest BCUT2D eigenvalue weighted by molar-refractivity contribution is -0.155. The lowest BCUT2D eigenvalue weighted by Gasteiger charge is -2.23. The normalized spacial score (nSPS) is 16.2. The van der Waals surface area contributed by atoms with E-state index in [1.807, 2.05) is 26.0 Å². The minimum Gasteiger partial charge on any atom is -0.448 e. The fraction of sp³-hybridized carbons (Fsp3) is 0.625. The summed E-state index contributed by atoms with van der Waals surface area (Å²) in [6.45, 7) is 12.3. The zero-order chi connectivity index (χ0) is 22.3. The predicted octanol–water partition coefficient (Wildman–Crippen LogP) is 4.39. The van der Waals surface area contributed by atoms with Crippen LogP contribution in [-0.4, -0.2) is 40.5 Å². The Morgan fingerprint density at radius 1 is 1.17 bits per heavy atom. The molecular weight excluding hydrogens is 378 g/mol. The maximum Gasteiger partial charge on any atom is 0.349 e. The van der Waals surface area contributed by atoms with Crippen LogP contribution in [0, 0.1) is 31.1 Å². The molecule has 1 atom stereocenters. The first-order valence-corrected chi connectivity index (χ1v) is 11.0. The van der Waals surface area contributed by atoms with Gasteiger partial charge in [-0.25, -0.2) is 4.79 Å². The summed E-state index contributed by atoms with van der Waals surface area (Å²) >= 11 is 0. The monoisotopic (exact) mass is 413 g/mol. The van der Waals surface area contributed by atoms with Crippen molar-refractivity contribution in [2.45, 2.75) is 79.4 Å². The Labute approximate surface area is 180 Å². The van der Waals surface area contributed by atoms with Crippen molar-refractivity contribution in [3.05, 3.63) is 28.6 Å². The molecule has 164 valence electrons. The zero-order valence-electron chi connectivity index (χ0n) is 19.0. The molecule has 1 amide bonds. The Kier molecular flexibility index (Phi) is 8.71. The molecule has 0 radical (unpaired) electrons. The average molecular weight is 414 g/mol. The molecule has 1 aromatic rings. The summed E-state index contributed by atoms with van der Waals surface area (Å²) < 4.78 is 7.57. The van der Waals surface area contributed by atoms with E-state index in [1.165, 1.54) is 0 Å². The molecule has 6 nitrogen and oxygen atoms in total. The average Bonchev–Trinajstić information content (AvgIpc) is 2.88. The van der Waals surface area contributed by atoms with Gasteiger partial charge in [-0.3, -0.25) is 4.79 Å². The first-order chi connectivity index (χ1) is 14.2. The summed E-state index contributed by atoms with van der Waals surface area (Å²) in [6, 6.07) is 3.92. The van der Waals surface area contributed by atoms with E-state index < -0.39 is 12.1 Å². The van der Waals surface area contributed by atoms with Crippen molar-refractivity contribution >= 4 is 18.0 Å². The van der Waals surface area contributed by atoms with E-state index >= 15 is 0 Å². The zero-order valence-corrected chi connectivity index (χ0v) is 19.0. The van der Waals surface area contributed by atoms with E-state index in [4.69, 9.17) is 4.74 Å². The Hall–Kier alpha value is -2.55. The maximum absolute atomic E-state index is 12.6. The number of aryl methyl sites for hydroxylation is 1. The number of likely N-dealkylation sites (tertiary alicyclic amines) is 1. The fourth-order valence-electron chi connectivity index (χ4n) is 3.82. The van der Waals surface area contributed by atoms with E-state index in [0.29, 0.717) is 19.0 Å². The fourth-order valence-corrected chi connectivity index (χ4v) is 3.82. The highest BCUT2D eigenvalue weighted by Crippen LogP contribution is 2.20. The number of carbonyl (C=O) groups excluding carboxylic acids is 2. The van der Waals surface area contributed by atoms with Gasteiger partial charge in [-0.2, -0.15) is 5.26 Å². The minimum absolute atomic E-state index is 0.0883. The van der Waals surface area contributed by atoms with Gasteiger partial charge < -0.3 is 14.2 Å². The number of nitrogens with zero attached hydrogens (tertiary/aromatic N) is 3. The van der Waals surface area contributed by atoms with E-state index in [9.17, 15) is 14.9 Å². The van der Waals surface area contributed by atoms with Crippen LogP contribution in [0.5, 0.6) is 0 Å². The molecule has 1 fully saturated rings. The number of rotatable bonds is 7.